The lowest BCUT2D eigenvalue weighted by atomic mass is 9.96. The van der Waals surface area contributed by atoms with Gasteiger partial charge in [-0.3, -0.25) is 4.79 Å². The number of nitrogens with zero attached hydrogens (tertiary/aromatic N) is 3. The van der Waals surface area contributed by atoms with E-state index in [0.29, 0.717) is 48.3 Å². The molecular formula is C17H22ClN3O4S2. The van der Waals surface area contributed by atoms with Crippen LogP contribution in [0.25, 0.3) is 0 Å². The van der Waals surface area contributed by atoms with Gasteiger partial charge in [-0.25, -0.2) is 8.42 Å². The molecule has 0 aromatic carbocycles. The average Bonchev–Trinajstić information content (AvgIpc) is 3.19. The van der Waals surface area contributed by atoms with Gasteiger partial charge in [0.05, 0.1) is 10.9 Å². The fourth-order valence-corrected chi connectivity index (χ4v) is 6.28. The highest BCUT2D eigenvalue weighted by Crippen LogP contribution is 2.29. The summed E-state index contributed by atoms with van der Waals surface area (Å²) in [5, 5.41) is 3.74. The highest BCUT2D eigenvalue weighted by atomic mass is 35.5. The van der Waals surface area contributed by atoms with E-state index in [9.17, 15) is 13.2 Å². The third-order valence-electron chi connectivity index (χ3n) is 4.77. The number of sulfonamides is 1. The molecule has 1 saturated heterocycles. The summed E-state index contributed by atoms with van der Waals surface area (Å²) >= 11 is 7.39. The predicted molar refractivity (Wildman–Crippen MR) is 103 cm³/mol. The van der Waals surface area contributed by atoms with Gasteiger partial charge in [-0.15, -0.1) is 11.3 Å². The van der Waals surface area contributed by atoms with Crippen LogP contribution in [0.4, 0.5) is 0 Å². The first-order chi connectivity index (χ1) is 12.7. The van der Waals surface area contributed by atoms with Crippen molar-refractivity contribution in [3.8, 4) is 0 Å². The zero-order chi connectivity index (χ0) is 19.8. The van der Waals surface area contributed by atoms with Gasteiger partial charge in [0.2, 0.25) is 15.9 Å². The molecule has 1 amide bonds. The Hall–Kier alpha value is -1.42. The highest BCUT2D eigenvalue weighted by molar-refractivity contribution is 7.89. The molecule has 0 unspecified atom stereocenters. The molecular weight excluding hydrogens is 410 g/mol. The first kappa shape index (κ1) is 20.3. The van der Waals surface area contributed by atoms with Gasteiger partial charge in [-0.05, 0) is 38.8 Å². The molecule has 0 radical (unpaired) electrons. The van der Waals surface area contributed by atoms with Crippen molar-refractivity contribution in [1.82, 2.24) is 14.4 Å². The number of carbonyl (C=O) groups is 1. The number of hydrogen-bond acceptors (Lipinski definition) is 6. The first-order valence-electron chi connectivity index (χ1n) is 8.62. The maximum Gasteiger partial charge on any atom is 0.248 e. The highest BCUT2D eigenvalue weighted by Gasteiger charge is 2.36. The molecule has 7 nitrogen and oxygen atoms in total. The van der Waals surface area contributed by atoms with Crippen LogP contribution in [0.5, 0.6) is 0 Å². The summed E-state index contributed by atoms with van der Waals surface area (Å²) in [5.41, 5.74) is 0.361. The van der Waals surface area contributed by atoms with Gasteiger partial charge in [0.15, 0.2) is 5.76 Å². The van der Waals surface area contributed by atoms with Crippen LogP contribution in [-0.4, -0.2) is 48.8 Å². The molecule has 27 heavy (non-hydrogen) atoms. The molecule has 0 bridgehead atoms. The predicted octanol–water partition coefficient (Wildman–Crippen LogP) is 3.07. The van der Waals surface area contributed by atoms with E-state index in [1.807, 2.05) is 12.1 Å². The Bertz CT molecular complexity index is 910. The van der Waals surface area contributed by atoms with Crippen molar-refractivity contribution in [3.05, 3.63) is 32.8 Å². The van der Waals surface area contributed by atoms with Crippen LogP contribution in [0.2, 0.25) is 4.34 Å². The van der Waals surface area contributed by atoms with Crippen LogP contribution < -0.4 is 0 Å². The molecule has 1 aliphatic heterocycles. The Morgan fingerprint density at radius 1 is 1.37 bits per heavy atom. The lowest BCUT2D eigenvalue weighted by Gasteiger charge is -2.32. The smallest absolute Gasteiger partial charge is 0.248 e. The summed E-state index contributed by atoms with van der Waals surface area (Å²) in [4.78, 5) is 15.6. The molecule has 1 fully saturated rings. The zero-order valence-corrected chi connectivity index (χ0v) is 17.8. The second-order valence-electron chi connectivity index (χ2n) is 6.73. The minimum absolute atomic E-state index is 0.0360. The maximum atomic E-state index is 12.9. The van der Waals surface area contributed by atoms with E-state index in [0.717, 1.165) is 4.88 Å². The number of aryl methyl sites for hydroxylation is 2. The van der Waals surface area contributed by atoms with Gasteiger partial charge >= 0.3 is 0 Å². The van der Waals surface area contributed by atoms with Crippen LogP contribution in [0, 0.1) is 19.8 Å². The van der Waals surface area contributed by atoms with E-state index >= 15 is 0 Å². The minimum atomic E-state index is -3.66. The van der Waals surface area contributed by atoms with E-state index in [1.54, 1.807) is 25.8 Å². The third kappa shape index (κ3) is 4.21. The molecule has 0 aliphatic carbocycles. The van der Waals surface area contributed by atoms with E-state index < -0.39 is 10.0 Å². The Morgan fingerprint density at radius 2 is 2.04 bits per heavy atom. The molecule has 3 rings (SSSR count). The number of hydrogen-bond donors (Lipinski definition) is 0. The van der Waals surface area contributed by atoms with Crippen LogP contribution in [0.1, 0.15) is 29.2 Å². The van der Waals surface area contributed by atoms with Crippen molar-refractivity contribution >= 4 is 38.9 Å². The van der Waals surface area contributed by atoms with Crippen molar-refractivity contribution in [3.63, 3.8) is 0 Å². The molecule has 3 heterocycles. The molecule has 2 aromatic heterocycles. The van der Waals surface area contributed by atoms with Crippen molar-refractivity contribution in [2.24, 2.45) is 5.92 Å². The van der Waals surface area contributed by atoms with E-state index in [1.165, 1.54) is 15.6 Å². The maximum absolute atomic E-state index is 12.9. The minimum Gasteiger partial charge on any atom is -0.360 e. The lowest BCUT2D eigenvalue weighted by molar-refractivity contribution is -0.135. The third-order valence-corrected chi connectivity index (χ3v) is 8.13. The van der Waals surface area contributed by atoms with Gasteiger partial charge in [0.1, 0.15) is 10.6 Å². The second kappa shape index (κ2) is 7.90. The van der Waals surface area contributed by atoms with Gasteiger partial charge in [0, 0.05) is 30.9 Å². The van der Waals surface area contributed by atoms with Crippen molar-refractivity contribution < 1.29 is 17.7 Å². The summed E-state index contributed by atoms with van der Waals surface area (Å²) in [6.45, 7) is 4.33. The summed E-state index contributed by atoms with van der Waals surface area (Å²) in [6.07, 6.45) is 0.994. The van der Waals surface area contributed by atoms with Gasteiger partial charge in [-0.2, -0.15) is 4.31 Å². The molecule has 0 spiro atoms. The first-order valence-corrected chi connectivity index (χ1v) is 11.3. The molecule has 0 saturated carbocycles. The van der Waals surface area contributed by atoms with Crippen LogP contribution in [0.3, 0.4) is 0 Å². The van der Waals surface area contributed by atoms with Crippen LogP contribution >= 0.6 is 22.9 Å². The summed E-state index contributed by atoms with van der Waals surface area (Å²) < 4.78 is 32.8. The van der Waals surface area contributed by atoms with Crippen molar-refractivity contribution in [1.29, 1.82) is 0 Å². The molecule has 1 aliphatic rings. The molecule has 10 heteroatoms. The fraction of sp³-hybridized carbons (Fsp3) is 0.529. The van der Waals surface area contributed by atoms with E-state index in [2.05, 4.69) is 5.16 Å². The normalized spacial score (nSPS) is 16.6. The number of carbonyl (C=O) groups excluding carboxylic acids is 1. The lowest BCUT2D eigenvalue weighted by Crippen LogP contribution is -2.43. The number of thiophene rings is 1. The second-order valence-corrected chi connectivity index (χ2v) is 10.4. The number of rotatable bonds is 5. The monoisotopic (exact) mass is 431 g/mol. The summed E-state index contributed by atoms with van der Waals surface area (Å²) in [6, 6.07) is 3.73. The fourth-order valence-electron chi connectivity index (χ4n) is 3.38. The summed E-state index contributed by atoms with van der Waals surface area (Å²) in [5.74, 6) is 0.149. The standard InChI is InChI=1S/C17H22ClN3O4S2/c1-11-16(12(2)25-19-11)27(23,24)21-8-6-13(7-9-21)17(22)20(3)10-14-4-5-15(18)26-14/h4-5,13H,6-10H2,1-3H3. The average molecular weight is 432 g/mol. The molecule has 2 aromatic rings. The Labute approximate surface area is 167 Å². The molecule has 148 valence electrons. The van der Waals surface area contributed by atoms with Crippen LogP contribution in [-0.2, 0) is 21.4 Å². The van der Waals surface area contributed by atoms with Crippen molar-refractivity contribution in [2.75, 3.05) is 20.1 Å². The van der Waals surface area contributed by atoms with Gasteiger partial charge in [0.25, 0.3) is 0 Å². The number of piperidine rings is 1. The molecule has 0 atom stereocenters. The van der Waals surface area contributed by atoms with Crippen LogP contribution in [0.15, 0.2) is 21.6 Å². The topological polar surface area (TPSA) is 83.7 Å². The number of amides is 1. The Kier molecular flexibility index (Phi) is 5.95. The van der Waals surface area contributed by atoms with Gasteiger partial charge in [-0.1, -0.05) is 16.8 Å². The zero-order valence-electron chi connectivity index (χ0n) is 15.4. The molecule has 0 N–H and O–H groups in total. The number of aromatic nitrogens is 1. The number of halogens is 1. The quantitative estimate of drug-likeness (QED) is 0.726. The van der Waals surface area contributed by atoms with E-state index in [4.69, 9.17) is 16.1 Å². The van der Waals surface area contributed by atoms with Gasteiger partial charge < -0.3 is 9.42 Å². The van der Waals surface area contributed by atoms with Crippen molar-refractivity contribution in [2.45, 2.75) is 38.1 Å². The largest absolute Gasteiger partial charge is 0.360 e. The SMILES string of the molecule is Cc1noc(C)c1S(=O)(=O)N1CCC(C(=O)N(C)Cc2ccc(Cl)s2)CC1. The Morgan fingerprint density at radius 3 is 2.56 bits per heavy atom. The Balaban J connectivity index is 1.62. The van der Waals surface area contributed by atoms with E-state index in [-0.39, 0.29) is 16.7 Å². The summed E-state index contributed by atoms with van der Waals surface area (Å²) in [7, 11) is -1.89.